The highest BCUT2D eigenvalue weighted by Gasteiger charge is 2.29. The average molecular weight is 378 g/mol. The summed E-state index contributed by atoms with van der Waals surface area (Å²) in [6.07, 6.45) is 5.75. The van der Waals surface area contributed by atoms with Crippen LogP contribution in [0.4, 0.5) is 14.9 Å². The predicted molar refractivity (Wildman–Crippen MR) is 97.7 cm³/mol. The van der Waals surface area contributed by atoms with Crippen LogP contribution in [0.1, 0.15) is 18.7 Å². The quantitative estimate of drug-likeness (QED) is 0.874. The second-order valence-electron chi connectivity index (χ2n) is 6.78. The second-order valence-corrected chi connectivity index (χ2v) is 7.19. The van der Waals surface area contributed by atoms with E-state index in [1.807, 2.05) is 12.4 Å². The summed E-state index contributed by atoms with van der Waals surface area (Å²) in [5, 5.41) is 2.98. The Morgan fingerprint density at radius 3 is 2.81 bits per heavy atom. The Kier molecular flexibility index (Phi) is 4.82. The molecule has 1 fully saturated rings. The second kappa shape index (κ2) is 7.25. The molecule has 0 aliphatic carbocycles. The standard InChI is InChI=1S/C18H21ClFN5O/c19-15-11-13(20)1-2-16(15)22-18(26)24-6-3-14(4-7-24)25-10-9-23-8-5-21-17(23)12-25/h1-2,5,8,11,14H,3-4,6-7,9-10,12H2,(H,22,26). The van der Waals surface area contributed by atoms with Crippen LogP contribution in [0.25, 0.3) is 0 Å². The maximum Gasteiger partial charge on any atom is 0.321 e. The van der Waals surface area contributed by atoms with Crippen LogP contribution in [0.2, 0.25) is 5.02 Å². The molecule has 1 aromatic carbocycles. The highest BCUT2D eigenvalue weighted by molar-refractivity contribution is 6.33. The molecule has 8 heteroatoms. The summed E-state index contributed by atoms with van der Waals surface area (Å²) in [5.74, 6) is 0.693. The molecule has 0 bridgehead atoms. The number of nitrogens with zero attached hydrogens (tertiary/aromatic N) is 4. The summed E-state index contributed by atoms with van der Waals surface area (Å²) < 4.78 is 15.3. The van der Waals surface area contributed by atoms with E-state index < -0.39 is 5.82 Å². The van der Waals surface area contributed by atoms with Crippen molar-refractivity contribution in [3.8, 4) is 0 Å². The van der Waals surface area contributed by atoms with Crippen LogP contribution >= 0.6 is 11.6 Å². The molecule has 0 atom stereocenters. The largest absolute Gasteiger partial charge is 0.333 e. The third-order valence-corrected chi connectivity index (χ3v) is 5.53. The molecule has 2 aliphatic heterocycles. The highest BCUT2D eigenvalue weighted by Crippen LogP contribution is 2.25. The van der Waals surface area contributed by atoms with E-state index in [1.54, 1.807) is 4.90 Å². The fraction of sp³-hybridized carbons (Fsp3) is 0.444. The minimum atomic E-state index is -0.420. The Hall–Kier alpha value is -2.12. The first-order chi connectivity index (χ1) is 12.6. The number of benzene rings is 1. The number of nitrogens with one attached hydrogen (secondary N) is 1. The third kappa shape index (κ3) is 3.54. The molecule has 2 aliphatic rings. The molecule has 0 spiro atoms. The van der Waals surface area contributed by atoms with Gasteiger partial charge in [0.05, 0.1) is 17.3 Å². The number of carbonyl (C=O) groups excluding carboxylic acids is 1. The van der Waals surface area contributed by atoms with E-state index in [0.717, 1.165) is 38.3 Å². The van der Waals surface area contributed by atoms with Crippen LogP contribution in [0.3, 0.4) is 0 Å². The normalized spacial score (nSPS) is 18.6. The minimum Gasteiger partial charge on any atom is -0.333 e. The van der Waals surface area contributed by atoms with Gasteiger partial charge in [-0.15, -0.1) is 0 Å². The molecule has 4 rings (SSSR count). The van der Waals surface area contributed by atoms with Crippen LogP contribution in [-0.2, 0) is 13.1 Å². The third-order valence-electron chi connectivity index (χ3n) is 5.22. The zero-order valence-electron chi connectivity index (χ0n) is 14.4. The first-order valence-corrected chi connectivity index (χ1v) is 9.23. The van der Waals surface area contributed by atoms with Crippen molar-refractivity contribution in [1.82, 2.24) is 19.4 Å². The summed E-state index contributed by atoms with van der Waals surface area (Å²) >= 11 is 5.98. The molecule has 26 heavy (non-hydrogen) atoms. The van der Waals surface area contributed by atoms with Gasteiger partial charge >= 0.3 is 6.03 Å². The van der Waals surface area contributed by atoms with Crippen molar-refractivity contribution in [3.63, 3.8) is 0 Å². The van der Waals surface area contributed by atoms with E-state index in [0.29, 0.717) is 24.8 Å². The Balaban J connectivity index is 1.31. The summed E-state index contributed by atoms with van der Waals surface area (Å²) in [7, 11) is 0. The number of hydrogen-bond donors (Lipinski definition) is 1. The van der Waals surface area contributed by atoms with Crippen molar-refractivity contribution in [2.75, 3.05) is 25.0 Å². The number of fused-ring (bicyclic) bond motifs is 1. The fourth-order valence-corrected chi connectivity index (χ4v) is 3.94. The van der Waals surface area contributed by atoms with Gasteiger partial charge in [-0.05, 0) is 31.0 Å². The van der Waals surface area contributed by atoms with Crippen molar-refractivity contribution in [2.45, 2.75) is 32.0 Å². The number of urea groups is 1. The van der Waals surface area contributed by atoms with E-state index >= 15 is 0 Å². The number of anilines is 1. The van der Waals surface area contributed by atoms with Crippen molar-refractivity contribution in [2.24, 2.45) is 0 Å². The Morgan fingerprint density at radius 2 is 2.04 bits per heavy atom. The lowest BCUT2D eigenvalue weighted by Gasteiger charge is -2.40. The summed E-state index contributed by atoms with van der Waals surface area (Å²) in [5.41, 5.74) is 0.433. The van der Waals surface area contributed by atoms with Crippen LogP contribution in [-0.4, -0.2) is 51.1 Å². The van der Waals surface area contributed by atoms with Crippen LogP contribution < -0.4 is 5.32 Å². The monoisotopic (exact) mass is 377 g/mol. The first kappa shape index (κ1) is 17.3. The minimum absolute atomic E-state index is 0.189. The fourth-order valence-electron chi connectivity index (χ4n) is 3.72. The molecule has 2 amide bonds. The molecule has 1 aromatic heterocycles. The number of aromatic nitrogens is 2. The maximum atomic E-state index is 13.1. The molecule has 0 unspecified atom stereocenters. The molecule has 2 aromatic rings. The lowest BCUT2D eigenvalue weighted by atomic mass is 10.0. The molecule has 1 N–H and O–H groups in total. The number of likely N-dealkylation sites (tertiary alicyclic amines) is 1. The van der Waals surface area contributed by atoms with Crippen molar-refractivity contribution in [3.05, 3.63) is 47.3 Å². The van der Waals surface area contributed by atoms with Gasteiger partial charge in [-0.1, -0.05) is 11.6 Å². The predicted octanol–water partition coefficient (Wildman–Crippen LogP) is 3.19. The van der Waals surface area contributed by atoms with Gasteiger partial charge in [0.15, 0.2) is 0 Å². The van der Waals surface area contributed by atoms with Crippen LogP contribution in [0.5, 0.6) is 0 Å². The van der Waals surface area contributed by atoms with Gasteiger partial charge in [0.2, 0.25) is 0 Å². The molecular weight excluding hydrogens is 357 g/mol. The zero-order chi connectivity index (χ0) is 18.1. The number of rotatable bonds is 2. The van der Waals surface area contributed by atoms with Gasteiger partial charge < -0.3 is 14.8 Å². The SMILES string of the molecule is O=C(Nc1ccc(F)cc1Cl)N1CCC(N2CCn3ccnc3C2)CC1. The Labute approximate surface area is 156 Å². The molecule has 138 valence electrons. The molecule has 3 heterocycles. The van der Waals surface area contributed by atoms with Crippen molar-refractivity contribution >= 4 is 23.3 Å². The van der Waals surface area contributed by atoms with Gasteiger partial charge in [0, 0.05) is 44.6 Å². The number of piperidine rings is 1. The maximum absolute atomic E-state index is 13.1. The Bertz CT molecular complexity index is 803. The van der Waals surface area contributed by atoms with Gasteiger partial charge in [0.1, 0.15) is 11.6 Å². The Morgan fingerprint density at radius 1 is 1.23 bits per heavy atom. The number of hydrogen-bond acceptors (Lipinski definition) is 3. The summed E-state index contributed by atoms with van der Waals surface area (Å²) in [4.78, 5) is 21.1. The number of imidazole rings is 1. The number of carbonyl (C=O) groups is 1. The van der Waals surface area contributed by atoms with Crippen LogP contribution in [0.15, 0.2) is 30.6 Å². The molecule has 1 saturated heterocycles. The number of amides is 2. The van der Waals surface area contributed by atoms with Crippen LogP contribution in [0, 0.1) is 5.82 Å². The van der Waals surface area contributed by atoms with E-state index in [2.05, 4.69) is 19.8 Å². The smallest absolute Gasteiger partial charge is 0.321 e. The topological polar surface area (TPSA) is 53.4 Å². The summed E-state index contributed by atoms with van der Waals surface area (Å²) in [6, 6.07) is 4.25. The lowest BCUT2D eigenvalue weighted by molar-refractivity contribution is 0.0971. The van der Waals surface area contributed by atoms with Crippen molar-refractivity contribution in [1.29, 1.82) is 0 Å². The van der Waals surface area contributed by atoms with E-state index in [9.17, 15) is 9.18 Å². The highest BCUT2D eigenvalue weighted by atomic mass is 35.5. The molecule has 6 nitrogen and oxygen atoms in total. The molecule has 0 saturated carbocycles. The van der Waals surface area contributed by atoms with E-state index in [-0.39, 0.29) is 11.1 Å². The summed E-state index contributed by atoms with van der Waals surface area (Å²) in [6.45, 7) is 4.25. The zero-order valence-corrected chi connectivity index (χ0v) is 15.1. The van der Waals surface area contributed by atoms with Crippen molar-refractivity contribution < 1.29 is 9.18 Å². The first-order valence-electron chi connectivity index (χ1n) is 8.85. The van der Waals surface area contributed by atoms with Gasteiger partial charge in [0.25, 0.3) is 0 Å². The van der Waals surface area contributed by atoms with Gasteiger partial charge in [-0.2, -0.15) is 0 Å². The number of halogens is 2. The average Bonchev–Trinajstić information content (AvgIpc) is 3.12. The van der Waals surface area contributed by atoms with Gasteiger partial charge in [-0.3, -0.25) is 4.90 Å². The van der Waals surface area contributed by atoms with E-state index in [1.165, 1.54) is 18.2 Å². The van der Waals surface area contributed by atoms with Gasteiger partial charge in [-0.25, -0.2) is 14.2 Å². The lowest BCUT2D eigenvalue weighted by Crippen LogP contribution is -2.49. The molecular formula is C18H21ClFN5O. The van der Waals surface area contributed by atoms with E-state index in [4.69, 9.17) is 11.6 Å². The molecule has 0 radical (unpaired) electrons.